The number of hydrogen-bond donors (Lipinski definition) is 2. The minimum absolute atomic E-state index is 0.545. The third-order valence-corrected chi connectivity index (χ3v) is 1.32. The van der Waals surface area contributed by atoms with Crippen molar-refractivity contribution in [1.29, 1.82) is 0 Å². The lowest BCUT2D eigenvalue weighted by Gasteiger charge is -2.26. The number of nitrogens with one attached hydrogen (secondary N) is 1. The smallest absolute Gasteiger partial charge is 0.350 e. The second-order valence-corrected chi connectivity index (χ2v) is 2.07. The maximum Gasteiger partial charge on any atom is 0.350 e. The summed E-state index contributed by atoms with van der Waals surface area (Å²) < 4.78 is 0. The zero-order chi connectivity index (χ0) is 8.43. The molecule has 0 radical (unpaired) electrons. The Balaban J connectivity index is 2.71. The molecule has 62 valence electrons. The van der Waals surface area contributed by atoms with Crippen LogP contribution in [0.25, 0.3) is 0 Å². The summed E-state index contributed by atoms with van der Waals surface area (Å²) in [5.41, 5.74) is 1.97. The molecule has 0 aromatic rings. The summed E-state index contributed by atoms with van der Waals surface area (Å²) in [4.78, 5) is 26.8. The molecule has 1 saturated heterocycles. The Hall–Kier alpha value is -1.14. The number of nitrogens with zero attached hydrogens (tertiary/aromatic N) is 1. The number of hydrogen-bond acceptors (Lipinski definition) is 4. The molecule has 3 amide bonds. The average molecular weight is 160 g/mol. The van der Waals surface area contributed by atoms with Gasteiger partial charge in [-0.25, -0.2) is 15.2 Å². The van der Waals surface area contributed by atoms with Gasteiger partial charge in [0.25, 0.3) is 5.91 Å². The predicted molar refractivity (Wildman–Crippen MR) is 33.0 cm³/mol. The van der Waals surface area contributed by atoms with E-state index in [9.17, 15) is 9.59 Å². The van der Waals surface area contributed by atoms with Crippen LogP contribution < -0.4 is 5.48 Å². The topological polar surface area (TPSA) is 78.9 Å². The molecule has 1 rings (SSSR count). The third kappa shape index (κ3) is 1.31. The number of aliphatic hydroxyl groups is 1. The lowest BCUT2D eigenvalue weighted by Crippen LogP contribution is -2.55. The largest absolute Gasteiger partial charge is 0.376 e. The second-order valence-electron chi connectivity index (χ2n) is 2.07. The van der Waals surface area contributed by atoms with Gasteiger partial charge in [0.2, 0.25) is 0 Å². The summed E-state index contributed by atoms with van der Waals surface area (Å²) in [6.07, 6.45) is -0.736. The van der Waals surface area contributed by atoms with Crippen LogP contribution in [0.4, 0.5) is 4.79 Å². The summed E-state index contributed by atoms with van der Waals surface area (Å²) >= 11 is 0. The Morgan fingerprint density at radius 1 is 1.73 bits per heavy atom. The van der Waals surface area contributed by atoms with E-state index in [1.807, 2.05) is 5.48 Å². The van der Waals surface area contributed by atoms with E-state index in [-0.39, 0.29) is 0 Å². The van der Waals surface area contributed by atoms with Crippen LogP contribution in [-0.2, 0) is 9.63 Å². The molecule has 1 heterocycles. The third-order valence-electron chi connectivity index (χ3n) is 1.32. The van der Waals surface area contributed by atoms with Gasteiger partial charge in [-0.1, -0.05) is 0 Å². The zero-order valence-electron chi connectivity index (χ0n) is 5.90. The molecule has 1 atom stereocenters. The highest BCUT2D eigenvalue weighted by Gasteiger charge is 2.31. The number of amides is 3. The van der Waals surface area contributed by atoms with Crippen LogP contribution >= 0.6 is 0 Å². The predicted octanol–water partition coefficient (Wildman–Crippen LogP) is -1.19. The Morgan fingerprint density at radius 2 is 2.36 bits per heavy atom. The van der Waals surface area contributed by atoms with Crippen LogP contribution in [0.5, 0.6) is 0 Å². The highest BCUT2D eigenvalue weighted by Crippen LogP contribution is 2.03. The number of urea groups is 1. The number of imide groups is 1. The van der Waals surface area contributed by atoms with Crippen LogP contribution in [0.2, 0.25) is 0 Å². The first-order valence-electron chi connectivity index (χ1n) is 3.04. The molecule has 6 nitrogen and oxygen atoms in total. The summed E-state index contributed by atoms with van der Waals surface area (Å²) in [5, 5.41) is 8.54. The van der Waals surface area contributed by atoms with Crippen LogP contribution in [-0.4, -0.2) is 34.8 Å². The Kier molecular flexibility index (Phi) is 2.06. The first-order chi connectivity index (χ1) is 5.16. The van der Waals surface area contributed by atoms with Crippen molar-refractivity contribution in [2.75, 3.05) is 6.73 Å². The summed E-state index contributed by atoms with van der Waals surface area (Å²) in [6, 6.07) is -0.740. The summed E-state index contributed by atoms with van der Waals surface area (Å²) in [5.74, 6) is -0.545. The van der Waals surface area contributed by atoms with Crippen molar-refractivity contribution in [3.05, 3.63) is 0 Å². The maximum absolute atomic E-state index is 10.9. The first-order valence-corrected chi connectivity index (χ1v) is 3.04. The highest BCUT2D eigenvalue weighted by molar-refractivity contribution is 5.97. The molecule has 6 heteroatoms. The highest BCUT2D eigenvalue weighted by atomic mass is 16.7. The minimum atomic E-state index is -0.740. The molecule has 0 spiro atoms. The van der Waals surface area contributed by atoms with E-state index >= 15 is 0 Å². The van der Waals surface area contributed by atoms with E-state index in [1.54, 1.807) is 0 Å². The van der Waals surface area contributed by atoms with Crippen molar-refractivity contribution in [1.82, 2.24) is 10.4 Å². The van der Waals surface area contributed by atoms with Gasteiger partial charge in [-0.2, -0.15) is 0 Å². The quantitative estimate of drug-likeness (QED) is 0.505. The average Bonchev–Trinajstić information content (AvgIpc) is 1.99. The number of carbonyl (C=O) groups excluding carboxylic acids is 2. The normalized spacial score (nSPS) is 25.3. The van der Waals surface area contributed by atoms with Gasteiger partial charge in [0.05, 0.1) is 0 Å². The van der Waals surface area contributed by atoms with Gasteiger partial charge in [0.15, 0.2) is 6.10 Å². The summed E-state index contributed by atoms with van der Waals surface area (Å²) in [7, 11) is 0. The minimum Gasteiger partial charge on any atom is -0.376 e. The van der Waals surface area contributed by atoms with Gasteiger partial charge < -0.3 is 5.11 Å². The SMILES string of the molecule is CC1ONC(=O)N(CO)C1=O. The number of aliphatic hydroxyl groups excluding tert-OH is 1. The van der Waals surface area contributed by atoms with Gasteiger partial charge in [-0.05, 0) is 6.92 Å². The van der Waals surface area contributed by atoms with Crippen LogP contribution in [0.3, 0.4) is 0 Å². The van der Waals surface area contributed by atoms with Gasteiger partial charge in [-0.15, -0.1) is 0 Å². The molecule has 1 unspecified atom stereocenters. The molecular weight excluding hydrogens is 152 g/mol. The molecule has 0 aliphatic carbocycles. The molecule has 0 bridgehead atoms. The van der Waals surface area contributed by atoms with Crippen molar-refractivity contribution >= 4 is 11.9 Å². The molecular formula is C5H8N2O4. The van der Waals surface area contributed by atoms with Crippen LogP contribution in [0, 0.1) is 0 Å². The van der Waals surface area contributed by atoms with Crippen molar-refractivity contribution < 1.29 is 19.5 Å². The Bertz CT molecular complexity index is 193. The lowest BCUT2D eigenvalue weighted by molar-refractivity contribution is -0.154. The molecule has 0 aromatic carbocycles. The lowest BCUT2D eigenvalue weighted by atomic mass is 10.3. The van der Waals surface area contributed by atoms with Gasteiger partial charge >= 0.3 is 6.03 Å². The van der Waals surface area contributed by atoms with Crippen LogP contribution in [0.15, 0.2) is 0 Å². The second kappa shape index (κ2) is 2.85. The number of carbonyl (C=O) groups is 2. The molecule has 2 N–H and O–H groups in total. The monoisotopic (exact) mass is 160 g/mol. The van der Waals surface area contributed by atoms with E-state index < -0.39 is 24.8 Å². The van der Waals surface area contributed by atoms with Gasteiger partial charge in [-0.3, -0.25) is 9.63 Å². The Labute approximate surface area is 62.7 Å². The number of hydroxylamine groups is 1. The van der Waals surface area contributed by atoms with E-state index in [2.05, 4.69) is 4.84 Å². The van der Waals surface area contributed by atoms with Crippen molar-refractivity contribution in [3.8, 4) is 0 Å². The molecule has 1 aliphatic heterocycles. The molecule has 0 aromatic heterocycles. The van der Waals surface area contributed by atoms with E-state index in [1.165, 1.54) is 6.92 Å². The Morgan fingerprint density at radius 3 is 2.82 bits per heavy atom. The van der Waals surface area contributed by atoms with Gasteiger partial charge in [0, 0.05) is 0 Å². The summed E-state index contributed by atoms with van der Waals surface area (Å²) in [6.45, 7) is 0.850. The standard InChI is InChI=1S/C5H8N2O4/c1-3-4(9)7(2-8)5(10)6-11-3/h3,8H,2H2,1H3,(H,6,10). The van der Waals surface area contributed by atoms with Crippen molar-refractivity contribution in [3.63, 3.8) is 0 Å². The van der Waals surface area contributed by atoms with Crippen molar-refractivity contribution in [2.45, 2.75) is 13.0 Å². The fourth-order valence-corrected chi connectivity index (χ4v) is 0.698. The van der Waals surface area contributed by atoms with E-state index in [0.717, 1.165) is 0 Å². The van der Waals surface area contributed by atoms with Crippen LogP contribution in [0.1, 0.15) is 6.92 Å². The number of rotatable bonds is 1. The fourth-order valence-electron chi connectivity index (χ4n) is 0.698. The molecule has 0 saturated carbocycles. The molecule has 1 fully saturated rings. The maximum atomic E-state index is 10.9. The molecule has 1 aliphatic rings. The van der Waals surface area contributed by atoms with Crippen molar-refractivity contribution in [2.24, 2.45) is 0 Å². The molecule has 11 heavy (non-hydrogen) atoms. The fraction of sp³-hybridized carbons (Fsp3) is 0.600. The van der Waals surface area contributed by atoms with E-state index in [0.29, 0.717) is 4.90 Å². The van der Waals surface area contributed by atoms with Gasteiger partial charge in [0.1, 0.15) is 6.73 Å². The zero-order valence-corrected chi connectivity index (χ0v) is 5.90. The first kappa shape index (κ1) is 7.96. The van der Waals surface area contributed by atoms with E-state index in [4.69, 9.17) is 5.11 Å².